The molecule has 0 saturated carbocycles. The fourth-order valence-electron chi connectivity index (χ4n) is 5.30. The second kappa shape index (κ2) is 13.7. The molecule has 1 aliphatic rings. The summed E-state index contributed by atoms with van der Waals surface area (Å²) in [4.78, 5) is 56.0. The predicted molar refractivity (Wildman–Crippen MR) is 161 cm³/mol. The van der Waals surface area contributed by atoms with Gasteiger partial charge in [-0.2, -0.15) is 0 Å². The number of aromatic nitrogens is 2. The molecule has 46 heavy (non-hydrogen) atoms. The highest BCUT2D eigenvalue weighted by Gasteiger charge is 2.31. The molecule has 14 heteroatoms. The van der Waals surface area contributed by atoms with Gasteiger partial charge in [-0.3, -0.25) is 14.0 Å². The highest BCUT2D eigenvalue weighted by Crippen LogP contribution is 2.30. The highest BCUT2D eigenvalue weighted by atomic mass is 19.1. The molecule has 4 aromatic rings. The van der Waals surface area contributed by atoms with Gasteiger partial charge in [0.15, 0.2) is 11.6 Å². The number of fused-ring (bicyclic) bond motifs is 1. The van der Waals surface area contributed by atoms with Crippen molar-refractivity contribution >= 4 is 29.4 Å². The predicted octanol–water partition coefficient (Wildman–Crippen LogP) is 4.27. The number of hydrogen-bond donors (Lipinski definition) is 3. The number of pyridine rings is 1. The number of carboxylic acids is 1. The minimum Gasteiger partial charge on any atom is -0.477 e. The topological polar surface area (TPSA) is 142 Å². The van der Waals surface area contributed by atoms with E-state index >= 15 is 4.39 Å². The minimum atomic E-state index is -1.62. The lowest BCUT2D eigenvalue weighted by atomic mass is 10.0. The van der Waals surface area contributed by atoms with Crippen LogP contribution in [0.4, 0.5) is 23.8 Å². The average Bonchev–Trinajstić information content (AvgIpc) is 3.48. The van der Waals surface area contributed by atoms with E-state index in [9.17, 15) is 33.1 Å². The zero-order chi connectivity index (χ0) is 33.0. The van der Waals surface area contributed by atoms with E-state index in [-0.39, 0.29) is 42.3 Å². The Kier molecular flexibility index (Phi) is 9.54. The number of hydrogen-bond acceptors (Lipinski definition) is 7. The molecule has 240 valence electrons. The number of carbonyl (C=O) groups excluding carboxylic acids is 2. The molecule has 2 amide bonds. The van der Waals surface area contributed by atoms with Gasteiger partial charge < -0.3 is 25.4 Å². The van der Waals surface area contributed by atoms with Gasteiger partial charge in [0.05, 0.1) is 6.20 Å². The van der Waals surface area contributed by atoms with Crippen molar-refractivity contribution in [2.24, 2.45) is 0 Å². The van der Waals surface area contributed by atoms with Crippen molar-refractivity contribution in [2.45, 2.75) is 44.9 Å². The monoisotopic (exact) mass is 637 g/mol. The van der Waals surface area contributed by atoms with Crippen LogP contribution in [-0.2, 0) is 16.1 Å². The smallest absolute Gasteiger partial charge is 0.408 e. The van der Waals surface area contributed by atoms with E-state index in [1.54, 1.807) is 12.1 Å². The molecule has 3 heterocycles. The molecule has 0 radical (unpaired) electrons. The number of carbonyl (C=O) groups is 3. The third-order valence-electron chi connectivity index (χ3n) is 7.56. The summed E-state index contributed by atoms with van der Waals surface area (Å²) >= 11 is 0. The van der Waals surface area contributed by atoms with Crippen LogP contribution in [0.3, 0.4) is 0 Å². The summed E-state index contributed by atoms with van der Waals surface area (Å²) in [7, 11) is 0. The van der Waals surface area contributed by atoms with Crippen molar-refractivity contribution < 1.29 is 37.4 Å². The Morgan fingerprint density at radius 2 is 1.83 bits per heavy atom. The van der Waals surface area contributed by atoms with Crippen LogP contribution in [0.5, 0.6) is 0 Å². The maximum absolute atomic E-state index is 15.4. The molecule has 3 N–H and O–H groups in total. The number of anilines is 1. The first-order chi connectivity index (χ1) is 22.0. The van der Waals surface area contributed by atoms with Crippen molar-refractivity contribution in [1.29, 1.82) is 0 Å². The van der Waals surface area contributed by atoms with Gasteiger partial charge in [-0.25, -0.2) is 27.7 Å². The van der Waals surface area contributed by atoms with E-state index in [2.05, 4.69) is 15.6 Å². The van der Waals surface area contributed by atoms with Gasteiger partial charge in [0.25, 0.3) is 5.56 Å². The molecule has 2 aromatic heterocycles. The van der Waals surface area contributed by atoms with Crippen LogP contribution < -0.4 is 21.1 Å². The molecule has 2 atom stereocenters. The first-order valence-corrected chi connectivity index (χ1v) is 14.5. The Balaban J connectivity index is 1.35. The maximum Gasteiger partial charge on any atom is 0.408 e. The van der Waals surface area contributed by atoms with Gasteiger partial charge >= 0.3 is 12.1 Å². The summed E-state index contributed by atoms with van der Waals surface area (Å²) in [6.07, 6.45) is 1.35. The Morgan fingerprint density at radius 3 is 2.52 bits per heavy atom. The molecule has 11 nitrogen and oxygen atoms in total. The van der Waals surface area contributed by atoms with Crippen LogP contribution >= 0.6 is 0 Å². The first kappa shape index (κ1) is 32.0. The number of rotatable bonds is 10. The van der Waals surface area contributed by atoms with Crippen LogP contribution in [0.2, 0.25) is 0 Å². The molecular weight excluding hydrogens is 607 g/mol. The van der Waals surface area contributed by atoms with Crippen LogP contribution in [-0.4, -0.2) is 57.6 Å². The number of amides is 2. The van der Waals surface area contributed by atoms with E-state index in [4.69, 9.17) is 4.74 Å². The lowest BCUT2D eigenvalue weighted by molar-refractivity contribution is -0.123. The lowest BCUT2D eigenvalue weighted by Crippen LogP contribution is -2.50. The second-order valence-corrected chi connectivity index (χ2v) is 10.8. The summed E-state index contributed by atoms with van der Waals surface area (Å²) in [6, 6.07) is 11.3. The van der Waals surface area contributed by atoms with Crippen LogP contribution in [0, 0.1) is 17.5 Å². The standard InChI is InChI=1S/C32H30F3N5O6/c1-2-6-26(37-32(45)46-17-18-7-4-3-5-8-18)29(41)36-20-11-12-39(15-20)28-25(35)16-40-27(38-28)22(14-23(30(40)42)31(43)44)21-10-9-19(33)13-24(21)34/h3-5,7-10,13-14,16,20,26H,2,6,11-12,15,17H2,1H3,(H,36,41)(H,37,45)(H,43,44)/t20?,26-/m1/s1. The number of carboxylic acid groups (broad SMARTS) is 1. The first-order valence-electron chi connectivity index (χ1n) is 14.5. The molecule has 0 spiro atoms. The number of aromatic carboxylic acids is 1. The Morgan fingerprint density at radius 1 is 1.07 bits per heavy atom. The van der Waals surface area contributed by atoms with Gasteiger partial charge in [-0.05, 0) is 36.6 Å². The Labute approximate surface area is 260 Å². The fourth-order valence-corrected chi connectivity index (χ4v) is 5.30. The normalized spacial score (nSPS) is 15.0. The average molecular weight is 638 g/mol. The van der Waals surface area contributed by atoms with Gasteiger partial charge in [0.1, 0.15) is 35.5 Å². The van der Waals surface area contributed by atoms with E-state index in [1.807, 2.05) is 25.1 Å². The number of nitrogens with zero attached hydrogens (tertiary/aromatic N) is 3. The molecule has 1 fully saturated rings. The third kappa shape index (κ3) is 6.95. The van der Waals surface area contributed by atoms with E-state index in [1.165, 1.54) is 4.90 Å². The largest absolute Gasteiger partial charge is 0.477 e. The fraction of sp³-hybridized carbons (Fsp3) is 0.281. The molecule has 0 aliphatic carbocycles. The quantitative estimate of drug-likeness (QED) is 0.234. The van der Waals surface area contributed by atoms with Gasteiger partial charge in [-0.1, -0.05) is 43.7 Å². The van der Waals surface area contributed by atoms with Crippen molar-refractivity contribution in [1.82, 2.24) is 20.0 Å². The van der Waals surface area contributed by atoms with Crippen molar-refractivity contribution in [2.75, 3.05) is 18.0 Å². The summed E-state index contributed by atoms with van der Waals surface area (Å²) < 4.78 is 49.8. The summed E-state index contributed by atoms with van der Waals surface area (Å²) in [5.74, 6) is -5.14. The minimum absolute atomic E-state index is 0.0360. The highest BCUT2D eigenvalue weighted by molar-refractivity contribution is 5.92. The van der Waals surface area contributed by atoms with Gasteiger partial charge in [-0.15, -0.1) is 0 Å². The zero-order valence-electron chi connectivity index (χ0n) is 24.6. The number of ether oxygens (including phenoxy) is 1. The molecular formula is C32H30F3N5O6. The van der Waals surface area contributed by atoms with Gasteiger partial charge in [0, 0.05) is 36.3 Å². The van der Waals surface area contributed by atoms with Gasteiger partial charge in [0.2, 0.25) is 5.91 Å². The number of nitrogens with one attached hydrogen (secondary N) is 2. The van der Waals surface area contributed by atoms with E-state index in [0.717, 1.165) is 30.0 Å². The zero-order valence-corrected chi connectivity index (χ0v) is 24.6. The maximum atomic E-state index is 15.4. The number of benzene rings is 2. The Hall–Kier alpha value is -5.40. The summed E-state index contributed by atoms with van der Waals surface area (Å²) in [5, 5.41) is 15.0. The molecule has 1 unspecified atom stereocenters. The second-order valence-electron chi connectivity index (χ2n) is 10.8. The van der Waals surface area contributed by atoms with E-state index in [0.29, 0.717) is 29.7 Å². The summed E-state index contributed by atoms with van der Waals surface area (Å²) in [5.41, 5.74) is -1.70. The molecule has 2 aromatic carbocycles. The summed E-state index contributed by atoms with van der Waals surface area (Å²) in [6.45, 7) is 2.25. The lowest BCUT2D eigenvalue weighted by Gasteiger charge is -2.22. The van der Waals surface area contributed by atoms with Crippen molar-refractivity contribution in [3.8, 4) is 11.1 Å². The third-order valence-corrected chi connectivity index (χ3v) is 7.56. The van der Waals surface area contributed by atoms with Crippen LogP contribution in [0.15, 0.2) is 65.6 Å². The van der Waals surface area contributed by atoms with Crippen LogP contribution in [0.25, 0.3) is 16.8 Å². The van der Waals surface area contributed by atoms with Crippen molar-refractivity contribution in [3.63, 3.8) is 0 Å². The number of alkyl carbamates (subject to hydrolysis) is 1. The molecule has 5 rings (SSSR count). The molecule has 0 bridgehead atoms. The Bertz CT molecular complexity index is 1850. The molecule has 1 saturated heterocycles. The SMILES string of the molecule is CCC[C@@H](NC(=O)OCc1ccccc1)C(=O)NC1CCN(c2nc3c(-c4ccc(F)cc4F)cc(C(=O)O)c(=O)n3cc2F)C1. The number of halogens is 3. The van der Waals surface area contributed by atoms with E-state index < -0.39 is 58.6 Å². The van der Waals surface area contributed by atoms with Crippen LogP contribution in [0.1, 0.15) is 42.1 Å². The van der Waals surface area contributed by atoms with Crippen molar-refractivity contribution in [3.05, 3.63) is 99.7 Å². The molecule has 1 aliphatic heterocycles.